The minimum Gasteiger partial charge on any atom is -0.369 e. The molecule has 28 heavy (non-hydrogen) atoms. The van der Waals surface area contributed by atoms with Crippen molar-refractivity contribution in [3.05, 3.63) is 33.3 Å². The molecule has 0 N–H and O–H groups in total. The number of aryl methyl sites for hydroxylation is 2. The molecular formula is C19H28N4O3S2. The zero-order valence-electron chi connectivity index (χ0n) is 16.7. The highest BCUT2D eigenvalue weighted by molar-refractivity contribution is 7.90. The minimum absolute atomic E-state index is 0.0817. The van der Waals surface area contributed by atoms with Gasteiger partial charge in [0, 0.05) is 41.3 Å². The predicted molar refractivity (Wildman–Crippen MR) is 109 cm³/mol. The molecule has 0 bridgehead atoms. The number of ether oxygens (including phenoxy) is 1. The molecule has 2 aromatic rings. The zero-order chi connectivity index (χ0) is 19.9. The van der Waals surface area contributed by atoms with Crippen molar-refractivity contribution in [2.45, 2.75) is 57.8 Å². The SMILES string of the molecule is Cc1cc2c(s1)[C@]1(CCN(Cc3cn(CCS(C)(=O)=O)nn3)[C@H](C)C1)OCC2. The molecule has 9 heteroatoms. The van der Waals surface area contributed by atoms with E-state index in [0.29, 0.717) is 12.6 Å². The van der Waals surface area contributed by atoms with Crippen LogP contribution < -0.4 is 0 Å². The van der Waals surface area contributed by atoms with Crippen LogP contribution in [0.4, 0.5) is 0 Å². The Morgan fingerprint density at radius 3 is 3.00 bits per heavy atom. The summed E-state index contributed by atoms with van der Waals surface area (Å²) in [7, 11) is -3.00. The molecule has 1 saturated heterocycles. The quantitative estimate of drug-likeness (QED) is 0.732. The third kappa shape index (κ3) is 4.17. The molecule has 2 aliphatic rings. The second-order valence-electron chi connectivity index (χ2n) is 8.18. The number of piperidine rings is 1. The molecule has 4 rings (SSSR count). The molecule has 2 aliphatic heterocycles. The first-order valence-corrected chi connectivity index (χ1v) is 12.7. The van der Waals surface area contributed by atoms with Gasteiger partial charge in [0.2, 0.25) is 0 Å². The van der Waals surface area contributed by atoms with Crippen molar-refractivity contribution in [1.29, 1.82) is 0 Å². The summed E-state index contributed by atoms with van der Waals surface area (Å²) < 4.78 is 30.7. The average Bonchev–Trinajstić information content (AvgIpc) is 3.22. The second-order valence-corrected chi connectivity index (χ2v) is 11.7. The van der Waals surface area contributed by atoms with E-state index >= 15 is 0 Å². The number of thiophene rings is 1. The van der Waals surface area contributed by atoms with Crippen molar-refractivity contribution >= 4 is 21.2 Å². The van der Waals surface area contributed by atoms with Gasteiger partial charge in [0.15, 0.2) is 0 Å². The maximum atomic E-state index is 11.3. The first kappa shape index (κ1) is 20.0. The normalized spacial score (nSPS) is 25.9. The lowest BCUT2D eigenvalue weighted by atomic mass is 9.82. The number of fused-ring (bicyclic) bond motifs is 2. The third-order valence-corrected chi connectivity index (χ3v) is 7.99. The number of hydrogen-bond donors (Lipinski definition) is 0. The highest BCUT2D eigenvalue weighted by Crippen LogP contribution is 2.46. The van der Waals surface area contributed by atoms with Crippen LogP contribution in [0.25, 0.3) is 0 Å². The summed E-state index contributed by atoms with van der Waals surface area (Å²) in [4.78, 5) is 5.24. The summed E-state index contributed by atoms with van der Waals surface area (Å²) in [6.07, 6.45) is 6.11. The number of aromatic nitrogens is 3. The van der Waals surface area contributed by atoms with Gasteiger partial charge in [0.25, 0.3) is 0 Å². The molecule has 1 fully saturated rings. The molecule has 0 unspecified atom stereocenters. The van der Waals surface area contributed by atoms with Gasteiger partial charge in [0.05, 0.1) is 24.6 Å². The van der Waals surface area contributed by atoms with Crippen LogP contribution in [0.3, 0.4) is 0 Å². The molecule has 0 saturated carbocycles. The number of sulfone groups is 1. The lowest BCUT2D eigenvalue weighted by molar-refractivity contribution is -0.110. The fourth-order valence-corrected chi connectivity index (χ4v) is 6.14. The Bertz CT molecular complexity index is 952. The number of nitrogens with zero attached hydrogens (tertiary/aromatic N) is 4. The number of likely N-dealkylation sites (tertiary alicyclic amines) is 1. The Morgan fingerprint density at radius 1 is 1.43 bits per heavy atom. The predicted octanol–water partition coefficient (Wildman–Crippen LogP) is 2.15. The molecule has 0 radical (unpaired) electrons. The summed E-state index contributed by atoms with van der Waals surface area (Å²) in [5.41, 5.74) is 2.23. The Morgan fingerprint density at radius 2 is 2.25 bits per heavy atom. The van der Waals surface area contributed by atoms with E-state index in [4.69, 9.17) is 4.74 Å². The summed E-state index contributed by atoms with van der Waals surface area (Å²) in [6, 6.07) is 2.71. The van der Waals surface area contributed by atoms with Crippen LogP contribution in [0.1, 0.15) is 40.8 Å². The standard InChI is InChI=1S/C19H28N4O3S2/c1-14-11-19(18-16(4-8-26-19)10-15(2)27-18)5-6-22(14)12-17-13-23(21-20-17)7-9-28(3,24)25/h10,13-14H,4-9,11-12H2,1-3H3/t14-,19-/m1/s1. The molecule has 2 aromatic heterocycles. The summed E-state index contributed by atoms with van der Waals surface area (Å²) in [5, 5.41) is 8.31. The Kier molecular flexibility index (Phi) is 5.37. The largest absolute Gasteiger partial charge is 0.369 e. The molecule has 0 aliphatic carbocycles. The van der Waals surface area contributed by atoms with Crippen LogP contribution in [-0.2, 0) is 39.7 Å². The van der Waals surface area contributed by atoms with E-state index in [1.807, 2.05) is 17.5 Å². The van der Waals surface area contributed by atoms with Crippen LogP contribution in [-0.4, -0.2) is 59.5 Å². The lowest BCUT2D eigenvalue weighted by Gasteiger charge is -2.46. The van der Waals surface area contributed by atoms with Gasteiger partial charge in [0.1, 0.15) is 15.4 Å². The molecular weight excluding hydrogens is 396 g/mol. The van der Waals surface area contributed by atoms with E-state index in [1.54, 1.807) is 4.68 Å². The second kappa shape index (κ2) is 7.51. The van der Waals surface area contributed by atoms with E-state index < -0.39 is 9.84 Å². The topological polar surface area (TPSA) is 77.3 Å². The van der Waals surface area contributed by atoms with Crippen molar-refractivity contribution in [1.82, 2.24) is 19.9 Å². The van der Waals surface area contributed by atoms with Crippen molar-refractivity contribution in [2.24, 2.45) is 0 Å². The van der Waals surface area contributed by atoms with Crippen LogP contribution in [0.2, 0.25) is 0 Å². The molecule has 1 spiro atoms. The lowest BCUT2D eigenvalue weighted by Crippen LogP contribution is -2.50. The van der Waals surface area contributed by atoms with Gasteiger partial charge in [-0.2, -0.15) is 0 Å². The van der Waals surface area contributed by atoms with Gasteiger partial charge < -0.3 is 4.74 Å². The van der Waals surface area contributed by atoms with Crippen molar-refractivity contribution < 1.29 is 13.2 Å². The zero-order valence-corrected chi connectivity index (χ0v) is 18.4. The number of hydrogen-bond acceptors (Lipinski definition) is 7. The summed E-state index contributed by atoms with van der Waals surface area (Å²) in [5.74, 6) is 0.0817. The smallest absolute Gasteiger partial charge is 0.149 e. The van der Waals surface area contributed by atoms with Crippen LogP contribution in [0, 0.1) is 6.92 Å². The van der Waals surface area contributed by atoms with Gasteiger partial charge in [-0.15, -0.1) is 16.4 Å². The fraction of sp³-hybridized carbons (Fsp3) is 0.684. The molecule has 7 nitrogen and oxygen atoms in total. The summed E-state index contributed by atoms with van der Waals surface area (Å²) in [6.45, 7) is 7.28. The maximum absolute atomic E-state index is 11.3. The van der Waals surface area contributed by atoms with E-state index in [1.165, 1.54) is 21.6 Å². The van der Waals surface area contributed by atoms with Crippen LogP contribution >= 0.6 is 11.3 Å². The fourth-order valence-electron chi connectivity index (χ4n) is 4.37. The van der Waals surface area contributed by atoms with Crippen molar-refractivity contribution in [3.63, 3.8) is 0 Å². The van der Waals surface area contributed by atoms with Gasteiger partial charge in [-0.25, -0.2) is 8.42 Å². The first-order chi connectivity index (χ1) is 13.2. The van der Waals surface area contributed by atoms with E-state index in [0.717, 1.165) is 44.7 Å². The van der Waals surface area contributed by atoms with Gasteiger partial charge >= 0.3 is 0 Å². The van der Waals surface area contributed by atoms with Crippen LogP contribution in [0.15, 0.2) is 12.3 Å². The molecule has 2 atom stereocenters. The molecule has 0 aromatic carbocycles. The number of rotatable bonds is 5. The van der Waals surface area contributed by atoms with Gasteiger partial charge in [-0.3, -0.25) is 9.58 Å². The van der Waals surface area contributed by atoms with Crippen molar-refractivity contribution in [3.8, 4) is 0 Å². The van der Waals surface area contributed by atoms with E-state index in [-0.39, 0.29) is 11.4 Å². The van der Waals surface area contributed by atoms with Gasteiger partial charge in [-0.1, -0.05) is 5.21 Å². The third-order valence-electron chi connectivity index (χ3n) is 5.79. The minimum atomic E-state index is -3.00. The Hall–Kier alpha value is -1.29. The van der Waals surface area contributed by atoms with Crippen molar-refractivity contribution in [2.75, 3.05) is 25.2 Å². The van der Waals surface area contributed by atoms with E-state index in [9.17, 15) is 8.42 Å². The highest BCUT2D eigenvalue weighted by Gasteiger charge is 2.44. The van der Waals surface area contributed by atoms with Gasteiger partial charge in [-0.05, 0) is 44.7 Å². The van der Waals surface area contributed by atoms with Crippen LogP contribution in [0.5, 0.6) is 0 Å². The molecule has 154 valence electrons. The first-order valence-electron chi connectivity index (χ1n) is 9.79. The Labute approximate surface area is 170 Å². The monoisotopic (exact) mass is 424 g/mol. The summed E-state index contributed by atoms with van der Waals surface area (Å²) >= 11 is 1.90. The van der Waals surface area contributed by atoms with E-state index in [2.05, 4.69) is 35.1 Å². The molecule has 0 amide bonds. The maximum Gasteiger partial charge on any atom is 0.149 e. The molecule has 4 heterocycles. The average molecular weight is 425 g/mol. The highest BCUT2D eigenvalue weighted by atomic mass is 32.2. The Balaban J connectivity index is 1.41.